The molecule has 1 amide bonds. The van der Waals surface area contributed by atoms with E-state index in [4.69, 9.17) is 9.05 Å². The Balaban J connectivity index is 1.50. The van der Waals surface area contributed by atoms with Crippen molar-refractivity contribution in [2.24, 2.45) is 0 Å². The topological polar surface area (TPSA) is 85.3 Å². The lowest BCUT2D eigenvalue weighted by molar-refractivity contribution is 0.0654. The van der Waals surface area contributed by atoms with E-state index in [1.54, 1.807) is 23.1 Å². The largest absolute Gasteiger partial charge is 0.351 e. The van der Waals surface area contributed by atoms with Gasteiger partial charge in [0.05, 0.1) is 12.1 Å². The van der Waals surface area contributed by atoms with Crippen LogP contribution in [-0.2, 0) is 0 Å². The number of aromatic nitrogens is 3. The number of benzene rings is 1. The summed E-state index contributed by atoms with van der Waals surface area (Å²) in [6.45, 7) is 1.12. The van der Waals surface area contributed by atoms with Crippen LogP contribution in [-0.4, -0.2) is 39.2 Å². The summed E-state index contributed by atoms with van der Waals surface area (Å²) in [5.74, 6) is 0.561. The summed E-state index contributed by atoms with van der Waals surface area (Å²) < 4.78 is 23.3. The molecule has 4 rings (SSSR count). The number of carbonyl (C=O) groups is 1. The number of rotatable bonds is 3. The maximum Gasteiger partial charge on any atom is 0.292 e. The normalized spacial score (nSPS) is 17.6. The summed E-state index contributed by atoms with van der Waals surface area (Å²) in [5.41, 5.74) is 0.682. The highest BCUT2D eigenvalue weighted by Gasteiger charge is 2.30. The van der Waals surface area contributed by atoms with Gasteiger partial charge >= 0.3 is 0 Å². The molecular weight excluding hydrogens is 327 g/mol. The van der Waals surface area contributed by atoms with Crippen molar-refractivity contribution < 1.29 is 18.2 Å². The summed E-state index contributed by atoms with van der Waals surface area (Å²) in [5, 5.41) is 7.54. The molecule has 0 unspecified atom stereocenters. The van der Waals surface area contributed by atoms with Gasteiger partial charge in [0.25, 0.3) is 5.91 Å². The maximum atomic E-state index is 13.0. The Morgan fingerprint density at radius 2 is 2.04 bits per heavy atom. The van der Waals surface area contributed by atoms with Gasteiger partial charge in [-0.15, -0.1) is 0 Å². The molecule has 0 spiro atoms. The van der Waals surface area contributed by atoms with Gasteiger partial charge in [-0.05, 0) is 37.1 Å². The van der Waals surface area contributed by atoms with Crippen LogP contribution in [0.1, 0.15) is 35.2 Å². The maximum absolute atomic E-state index is 13.0. The summed E-state index contributed by atoms with van der Waals surface area (Å²) in [6, 6.07) is 7.45. The third-order valence-electron chi connectivity index (χ3n) is 4.25. The second-order valence-corrected chi connectivity index (χ2v) is 5.93. The lowest BCUT2D eigenvalue weighted by Gasteiger charge is -2.30. The van der Waals surface area contributed by atoms with Crippen LogP contribution >= 0.6 is 0 Å². The molecule has 7 nitrogen and oxygen atoms in total. The Hall–Kier alpha value is -3.03. The molecule has 1 aliphatic rings. The first-order valence-corrected chi connectivity index (χ1v) is 8.00. The molecule has 1 aliphatic heterocycles. The predicted molar refractivity (Wildman–Crippen MR) is 84.1 cm³/mol. The Labute approximate surface area is 142 Å². The highest BCUT2D eigenvalue weighted by molar-refractivity contribution is 5.91. The Bertz CT molecular complexity index is 860. The minimum atomic E-state index is -0.318. The van der Waals surface area contributed by atoms with E-state index in [-0.39, 0.29) is 23.4 Å². The monoisotopic (exact) mass is 342 g/mol. The van der Waals surface area contributed by atoms with Crippen LogP contribution in [0.5, 0.6) is 0 Å². The van der Waals surface area contributed by atoms with Crippen molar-refractivity contribution in [3.63, 3.8) is 0 Å². The van der Waals surface area contributed by atoms with E-state index in [9.17, 15) is 9.18 Å². The van der Waals surface area contributed by atoms with Crippen LogP contribution in [0.2, 0.25) is 0 Å². The van der Waals surface area contributed by atoms with Crippen LogP contribution in [0.3, 0.4) is 0 Å². The first kappa shape index (κ1) is 15.5. The number of amides is 1. The molecular formula is C17H15FN4O3. The van der Waals surface area contributed by atoms with E-state index in [0.29, 0.717) is 30.4 Å². The lowest BCUT2D eigenvalue weighted by Crippen LogP contribution is -2.39. The highest BCUT2D eigenvalue weighted by Crippen LogP contribution is 2.28. The number of halogens is 1. The quantitative estimate of drug-likeness (QED) is 0.727. The molecule has 8 heteroatoms. The van der Waals surface area contributed by atoms with Crippen molar-refractivity contribution in [1.29, 1.82) is 0 Å². The minimum absolute atomic E-state index is 0.0395. The average Bonchev–Trinajstić information content (AvgIpc) is 3.34. The van der Waals surface area contributed by atoms with Gasteiger partial charge in [0.15, 0.2) is 0 Å². The number of hydrogen-bond acceptors (Lipinski definition) is 6. The molecule has 2 aromatic heterocycles. The fourth-order valence-electron chi connectivity index (χ4n) is 2.96. The zero-order chi connectivity index (χ0) is 17.2. The van der Waals surface area contributed by atoms with Crippen molar-refractivity contribution in [2.45, 2.75) is 18.8 Å². The molecule has 1 fully saturated rings. The van der Waals surface area contributed by atoms with Crippen LogP contribution < -0.4 is 0 Å². The van der Waals surface area contributed by atoms with E-state index < -0.39 is 0 Å². The summed E-state index contributed by atoms with van der Waals surface area (Å²) in [6.07, 6.45) is 3.13. The fourth-order valence-corrected chi connectivity index (χ4v) is 2.96. The van der Waals surface area contributed by atoms with Gasteiger partial charge in [0.1, 0.15) is 5.82 Å². The Morgan fingerprint density at radius 3 is 2.80 bits per heavy atom. The van der Waals surface area contributed by atoms with E-state index in [1.165, 1.54) is 18.3 Å². The van der Waals surface area contributed by atoms with Crippen molar-refractivity contribution >= 4 is 5.91 Å². The molecule has 0 N–H and O–H groups in total. The van der Waals surface area contributed by atoms with Gasteiger partial charge in [0.2, 0.25) is 17.5 Å². The molecule has 25 heavy (non-hydrogen) atoms. The standard InChI is InChI=1S/C17H15FN4O3/c18-13-5-3-11(4-6-13)15-20-16(25-21-15)12-2-1-9-22(10-12)17(23)14-7-8-19-24-14/h3-8,12H,1-2,9-10H2/t12-/m0/s1. The molecule has 0 bridgehead atoms. The van der Waals surface area contributed by atoms with Crippen molar-refractivity contribution in [3.8, 4) is 11.4 Å². The molecule has 3 heterocycles. The van der Waals surface area contributed by atoms with Crippen molar-refractivity contribution in [2.75, 3.05) is 13.1 Å². The first-order chi connectivity index (χ1) is 12.2. The van der Waals surface area contributed by atoms with E-state index in [0.717, 1.165) is 12.8 Å². The van der Waals surface area contributed by atoms with E-state index >= 15 is 0 Å². The summed E-state index contributed by atoms with van der Waals surface area (Å²) in [7, 11) is 0. The summed E-state index contributed by atoms with van der Waals surface area (Å²) >= 11 is 0. The van der Waals surface area contributed by atoms with Gasteiger partial charge in [-0.3, -0.25) is 4.79 Å². The van der Waals surface area contributed by atoms with Gasteiger partial charge < -0.3 is 13.9 Å². The predicted octanol–water partition coefficient (Wildman–Crippen LogP) is 2.88. The fraction of sp³-hybridized carbons (Fsp3) is 0.294. The van der Waals surface area contributed by atoms with Crippen molar-refractivity contribution in [3.05, 3.63) is 54.0 Å². The van der Waals surface area contributed by atoms with Crippen LogP contribution in [0, 0.1) is 5.82 Å². The molecule has 0 aliphatic carbocycles. The molecule has 1 aromatic carbocycles. The Morgan fingerprint density at radius 1 is 1.20 bits per heavy atom. The number of piperidine rings is 1. The molecule has 1 atom stereocenters. The lowest BCUT2D eigenvalue weighted by atomic mass is 9.97. The third kappa shape index (κ3) is 3.15. The van der Waals surface area contributed by atoms with Gasteiger partial charge in [-0.2, -0.15) is 4.98 Å². The smallest absolute Gasteiger partial charge is 0.292 e. The van der Waals surface area contributed by atoms with Gasteiger partial charge in [-0.1, -0.05) is 10.3 Å². The highest BCUT2D eigenvalue weighted by atomic mass is 19.1. The Kier molecular flexibility index (Phi) is 4.01. The van der Waals surface area contributed by atoms with Crippen LogP contribution in [0.4, 0.5) is 4.39 Å². The van der Waals surface area contributed by atoms with E-state index in [1.807, 2.05) is 0 Å². The summed E-state index contributed by atoms with van der Waals surface area (Å²) in [4.78, 5) is 18.5. The van der Waals surface area contributed by atoms with Crippen molar-refractivity contribution in [1.82, 2.24) is 20.2 Å². The van der Waals surface area contributed by atoms with E-state index in [2.05, 4.69) is 15.3 Å². The second kappa shape index (κ2) is 6.46. The molecule has 3 aromatic rings. The number of nitrogens with zero attached hydrogens (tertiary/aromatic N) is 4. The average molecular weight is 342 g/mol. The molecule has 1 saturated heterocycles. The van der Waals surface area contributed by atoms with Gasteiger partial charge in [0, 0.05) is 24.7 Å². The van der Waals surface area contributed by atoms with Crippen LogP contribution in [0.25, 0.3) is 11.4 Å². The van der Waals surface area contributed by atoms with Gasteiger partial charge in [-0.25, -0.2) is 4.39 Å². The third-order valence-corrected chi connectivity index (χ3v) is 4.25. The number of likely N-dealkylation sites (tertiary alicyclic amines) is 1. The second-order valence-electron chi connectivity index (χ2n) is 5.93. The number of carbonyl (C=O) groups excluding carboxylic acids is 1. The minimum Gasteiger partial charge on any atom is -0.351 e. The molecule has 128 valence electrons. The van der Waals surface area contributed by atoms with Crippen LogP contribution in [0.15, 0.2) is 45.6 Å². The zero-order valence-corrected chi connectivity index (χ0v) is 13.3. The first-order valence-electron chi connectivity index (χ1n) is 8.00. The zero-order valence-electron chi connectivity index (χ0n) is 13.3. The molecule has 0 saturated carbocycles. The molecule has 0 radical (unpaired) electrons. The SMILES string of the molecule is O=C(c1ccno1)N1CCC[C@H](c2nc(-c3ccc(F)cc3)no2)C1. The number of hydrogen-bond donors (Lipinski definition) is 0.